The Hall–Kier alpha value is -0.900. The van der Waals surface area contributed by atoms with E-state index in [9.17, 15) is 0 Å². The highest BCUT2D eigenvalue weighted by Gasteiger charge is 1.99. The number of nitrogens with one attached hydrogen (secondary N) is 1. The molecule has 0 bridgehead atoms. The largest absolute Gasteiger partial charge is 0.375 e. The fourth-order valence-corrected chi connectivity index (χ4v) is 2.14. The van der Waals surface area contributed by atoms with Crippen LogP contribution in [0.4, 0.5) is 0 Å². The van der Waals surface area contributed by atoms with Crippen LogP contribution in [0.25, 0.3) is 0 Å². The van der Waals surface area contributed by atoms with Crippen LogP contribution in [-0.2, 0) is 17.8 Å². The number of ether oxygens (including phenoxy) is 1. The van der Waals surface area contributed by atoms with Gasteiger partial charge < -0.3 is 15.0 Å². The maximum Gasteiger partial charge on any atom is 0.0717 e. The molecular weight excluding hydrogens is 248 g/mol. The molecule has 0 fully saturated rings. The SMILES string of the molecule is CCNCCc1ccc(COCCN(CC)CC)cc1. The lowest BCUT2D eigenvalue weighted by atomic mass is 10.1. The second-order valence-electron chi connectivity index (χ2n) is 5.00. The summed E-state index contributed by atoms with van der Waals surface area (Å²) in [5, 5.41) is 3.35. The average Bonchev–Trinajstić information content (AvgIpc) is 2.49. The molecule has 1 aromatic rings. The highest BCUT2D eigenvalue weighted by Crippen LogP contribution is 2.06. The zero-order valence-electron chi connectivity index (χ0n) is 13.3. The second-order valence-corrected chi connectivity index (χ2v) is 5.00. The third-order valence-corrected chi connectivity index (χ3v) is 3.58. The average molecular weight is 278 g/mol. The van der Waals surface area contributed by atoms with E-state index < -0.39 is 0 Å². The molecule has 0 aromatic heterocycles. The first-order valence-electron chi connectivity index (χ1n) is 7.88. The second kappa shape index (κ2) is 10.8. The maximum atomic E-state index is 5.74. The van der Waals surface area contributed by atoms with Crippen LogP contribution in [0.15, 0.2) is 24.3 Å². The van der Waals surface area contributed by atoms with Gasteiger partial charge in [0.05, 0.1) is 13.2 Å². The molecule has 3 heteroatoms. The summed E-state index contributed by atoms with van der Waals surface area (Å²) in [4.78, 5) is 2.38. The molecule has 0 atom stereocenters. The van der Waals surface area contributed by atoms with Crippen molar-refractivity contribution < 1.29 is 4.74 Å². The topological polar surface area (TPSA) is 24.5 Å². The predicted molar refractivity (Wildman–Crippen MR) is 86.1 cm³/mol. The van der Waals surface area contributed by atoms with Gasteiger partial charge in [-0.2, -0.15) is 0 Å². The van der Waals surface area contributed by atoms with Crippen molar-refractivity contribution >= 4 is 0 Å². The minimum atomic E-state index is 0.717. The van der Waals surface area contributed by atoms with Crippen LogP contribution in [0.1, 0.15) is 31.9 Å². The monoisotopic (exact) mass is 278 g/mol. The number of benzene rings is 1. The van der Waals surface area contributed by atoms with E-state index in [-0.39, 0.29) is 0 Å². The van der Waals surface area contributed by atoms with Gasteiger partial charge in [-0.15, -0.1) is 0 Å². The standard InChI is InChI=1S/C17H30N2O/c1-4-18-12-11-16-7-9-17(10-8-16)15-20-14-13-19(5-2)6-3/h7-10,18H,4-6,11-15H2,1-3H3. The number of likely N-dealkylation sites (N-methyl/N-ethyl adjacent to an activating group) is 2. The van der Waals surface area contributed by atoms with E-state index in [4.69, 9.17) is 4.74 Å². The Kier molecular flexibility index (Phi) is 9.29. The van der Waals surface area contributed by atoms with Gasteiger partial charge >= 0.3 is 0 Å². The van der Waals surface area contributed by atoms with Crippen LogP contribution in [-0.4, -0.2) is 44.2 Å². The Morgan fingerprint density at radius 3 is 2.25 bits per heavy atom. The molecule has 0 aliphatic heterocycles. The first-order chi connectivity index (χ1) is 9.80. The highest BCUT2D eigenvalue weighted by molar-refractivity contribution is 5.22. The number of hydrogen-bond donors (Lipinski definition) is 1. The molecule has 3 nitrogen and oxygen atoms in total. The smallest absolute Gasteiger partial charge is 0.0717 e. The molecule has 1 rings (SSSR count). The molecule has 20 heavy (non-hydrogen) atoms. The number of nitrogens with zero attached hydrogens (tertiary/aromatic N) is 1. The molecule has 0 radical (unpaired) electrons. The maximum absolute atomic E-state index is 5.74. The molecule has 0 unspecified atom stereocenters. The molecule has 1 aromatic carbocycles. The predicted octanol–water partition coefficient (Wildman–Crippen LogP) is 2.70. The lowest BCUT2D eigenvalue weighted by Crippen LogP contribution is -2.26. The van der Waals surface area contributed by atoms with Gasteiger partial charge in [-0.05, 0) is 43.7 Å². The lowest BCUT2D eigenvalue weighted by Gasteiger charge is -2.17. The minimum absolute atomic E-state index is 0.717. The van der Waals surface area contributed by atoms with E-state index in [1.807, 2.05) is 0 Å². The van der Waals surface area contributed by atoms with Crippen LogP contribution in [0.5, 0.6) is 0 Å². The van der Waals surface area contributed by atoms with Gasteiger partial charge in [-0.1, -0.05) is 45.0 Å². The summed E-state index contributed by atoms with van der Waals surface area (Å²) in [7, 11) is 0. The molecule has 0 aliphatic rings. The van der Waals surface area contributed by atoms with Crippen molar-refractivity contribution in [3.05, 3.63) is 35.4 Å². The summed E-state index contributed by atoms with van der Waals surface area (Å²) in [5.41, 5.74) is 2.65. The molecule has 0 aliphatic carbocycles. The van der Waals surface area contributed by atoms with Crippen LogP contribution in [0.2, 0.25) is 0 Å². The van der Waals surface area contributed by atoms with Crippen molar-refractivity contribution in [1.82, 2.24) is 10.2 Å². The van der Waals surface area contributed by atoms with E-state index >= 15 is 0 Å². The van der Waals surface area contributed by atoms with Gasteiger partial charge in [0, 0.05) is 6.54 Å². The summed E-state index contributed by atoms with van der Waals surface area (Å²) in [5.74, 6) is 0. The highest BCUT2D eigenvalue weighted by atomic mass is 16.5. The first-order valence-corrected chi connectivity index (χ1v) is 7.88. The lowest BCUT2D eigenvalue weighted by molar-refractivity contribution is 0.0956. The summed E-state index contributed by atoms with van der Waals surface area (Å²) >= 11 is 0. The van der Waals surface area contributed by atoms with Crippen LogP contribution in [0, 0.1) is 0 Å². The Morgan fingerprint density at radius 2 is 1.65 bits per heavy atom. The Morgan fingerprint density at radius 1 is 1.00 bits per heavy atom. The zero-order valence-corrected chi connectivity index (χ0v) is 13.3. The van der Waals surface area contributed by atoms with E-state index in [1.54, 1.807) is 0 Å². The fraction of sp³-hybridized carbons (Fsp3) is 0.647. The van der Waals surface area contributed by atoms with Crippen molar-refractivity contribution in [3.8, 4) is 0 Å². The molecular formula is C17H30N2O. The van der Waals surface area contributed by atoms with E-state index in [2.05, 4.69) is 55.3 Å². The van der Waals surface area contributed by atoms with Crippen LogP contribution < -0.4 is 5.32 Å². The first kappa shape index (κ1) is 17.2. The Labute approximate surface area is 124 Å². The Bertz CT molecular complexity index is 333. The fourth-order valence-electron chi connectivity index (χ4n) is 2.14. The third-order valence-electron chi connectivity index (χ3n) is 3.58. The van der Waals surface area contributed by atoms with Gasteiger partial charge in [-0.25, -0.2) is 0 Å². The summed E-state index contributed by atoms with van der Waals surface area (Å²) in [6, 6.07) is 8.78. The van der Waals surface area contributed by atoms with Crippen molar-refractivity contribution in [2.75, 3.05) is 39.3 Å². The molecule has 0 spiro atoms. The number of hydrogen-bond acceptors (Lipinski definition) is 3. The van der Waals surface area contributed by atoms with Gasteiger partial charge in [0.1, 0.15) is 0 Å². The zero-order chi connectivity index (χ0) is 14.6. The van der Waals surface area contributed by atoms with Gasteiger partial charge in [0.25, 0.3) is 0 Å². The van der Waals surface area contributed by atoms with Gasteiger partial charge in [0.2, 0.25) is 0 Å². The molecule has 0 heterocycles. The quantitative estimate of drug-likeness (QED) is 0.630. The molecule has 0 amide bonds. The number of rotatable bonds is 11. The molecule has 0 saturated carbocycles. The molecule has 0 saturated heterocycles. The summed E-state index contributed by atoms with van der Waals surface area (Å²) < 4.78 is 5.74. The molecule has 1 N–H and O–H groups in total. The van der Waals surface area contributed by atoms with E-state index in [0.29, 0.717) is 0 Å². The minimum Gasteiger partial charge on any atom is -0.375 e. The van der Waals surface area contributed by atoms with Gasteiger partial charge in [0.15, 0.2) is 0 Å². The molecule has 114 valence electrons. The van der Waals surface area contributed by atoms with Crippen molar-refractivity contribution in [2.45, 2.75) is 33.8 Å². The summed E-state index contributed by atoms with van der Waals surface area (Å²) in [6.45, 7) is 13.4. The van der Waals surface area contributed by atoms with Crippen LogP contribution in [0.3, 0.4) is 0 Å². The summed E-state index contributed by atoms with van der Waals surface area (Å²) in [6.07, 6.45) is 1.09. The van der Waals surface area contributed by atoms with Crippen molar-refractivity contribution in [3.63, 3.8) is 0 Å². The normalized spacial score (nSPS) is 11.2. The van der Waals surface area contributed by atoms with Crippen molar-refractivity contribution in [2.24, 2.45) is 0 Å². The van der Waals surface area contributed by atoms with E-state index in [1.165, 1.54) is 11.1 Å². The Balaban J connectivity index is 2.21. The van der Waals surface area contributed by atoms with Gasteiger partial charge in [-0.3, -0.25) is 0 Å². The third kappa shape index (κ3) is 7.04. The van der Waals surface area contributed by atoms with Crippen LogP contribution >= 0.6 is 0 Å². The van der Waals surface area contributed by atoms with Crippen molar-refractivity contribution in [1.29, 1.82) is 0 Å². The van der Waals surface area contributed by atoms with E-state index in [0.717, 1.165) is 52.4 Å².